The van der Waals surface area contributed by atoms with Crippen LogP contribution in [0.5, 0.6) is 5.75 Å². The van der Waals surface area contributed by atoms with E-state index in [9.17, 15) is 34.5 Å². The zero-order valence-electron chi connectivity index (χ0n) is 26.0. The van der Waals surface area contributed by atoms with Crippen LogP contribution in [-0.4, -0.2) is 74.4 Å². The van der Waals surface area contributed by atoms with Crippen molar-refractivity contribution in [1.29, 1.82) is 5.26 Å². The molecule has 0 spiro atoms. The van der Waals surface area contributed by atoms with E-state index in [-0.39, 0.29) is 48.4 Å². The van der Waals surface area contributed by atoms with Crippen molar-refractivity contribution in [3.05, 3.63) is 53.0 Å². The van der Waals surface area contributed by atoms with E-state index < -0.39 is 77.3 Å². The summed E-state index contributed by atoms with van der Waals surface area (Å²) in [7, 11) is 0. The number of benzene rings is 1. The molecule has 7 N–H and O–H groups in total. The number of amides is 2. The largest absolute Gasteiger partial charge is 0.460 e. The lowest BCUT2D eigenvalue weighted by molar-refractivity contribution is -0.528. The average molecular weight is 676 g/mol. The fourth-order valence-corrected chi connectivity index (χ4v) is 4.67. The zero-order chi connectivity index (χ0) is 35.4. The van der Waals surface area contributed by atoms with Crippen molar-refractivity contribution in [3.8, 4) is 11.8 Å². The molecule has 18 heteroatoms. The Labute approximate surface area is 272 Å². The molecule has 2 aliphatic rings. The molecule has 1 saturated heterocycles. The number of ether oxygens (including phenoxy) is 3. The molecule has 1 aliphatic heterocycles. The van der Waals surface area contributed by atoms with Crippen LogP contribution in [0.3, 0.4) is 0 Å². The molecule has 2 aromatic rings. The molecule has 2 fully saturated rings. The number of pyridine rings is 1. The fraction of sp³-hybridized carbons (Fsp3) is 0.467. The molecule has 258 valence electrons. The van der Waals surface area contributed by atoms with E-state index >= 15 is 4.39 Å². The number of carbonyl (C=O) groups is 4. The third-order valence-corrected chi connectivity index (χ3v) is 7.49. The van der Waals surface area contributed by atoms with E-state index in [1.807, 2.05) is 6.07 Å². The molecule has 1 aromatic carbocycles. The Balaban J connectivity index is 1.62. The zero-order valence-corrected chi connectivity index (χ0v) is 26.0. The van der Waals surface area contributed by atoms with E-state index in [1.165, 1.54) is 39.1 Å². The Kier molecular flexibility index (Phi) is 10.8. The summed E-state index contributed by atoms with van der Waals surface area (Å²) in [4.78, 5) is 64.4. The molecule has 17 nitrogen and oxygen atoms in total. The number of anilines is 1. The molecule has 1 aliphatic carbocycles. The molecule has 2 heterocycles. The van der Waals surface area contributed by atoms with Gasteiger partial charge < -0.3 is 25.4 Å². The maximum Gasteiger partial charge on any atom is 0.460 e. The van der Waals surface area contributed by atoms with Crippen LogP contribution in [0.15, 0.2) is 30.5 Å². The SMILES string of the molecule is CCC(=O)c1ccc(F)c([C@@H]2C[C@@H]2NC(=O)Nc2ccc(C#N)cn2)c1OC(O)(O)O[C@@]1(O)O[C@@](N)(C(C)C)C(=O)OOCCCC1=O. The first-order chi connectivity index (χ1) is 22.5. The number of nitriles is 1. The Morgan fingerprint density at radius 3 is 2.62 bits per heavy atom. The molecule has 0 bridgehead atoms. The van der Waals surface area contributed by atoms with Gasteiger partial charge in [0.1, 0.15) is 23.5 Å². The second-order valence-corrected chi connectivity index (χ2v) is 11.3. The van der Waals surface area contributed by atoms with Crippen molar-refractivity contribution in [2.45, 2.75) is 76.3 Å². The van der Waals surface area contributed by atoms with Gasteiger partial charge in [0.15, 0.2) is 5.78 Å². The highest BCUT2D eigenvalue weighted by atomic mass is 19.1. The van der Waals surface area contributed by atoms with Gasteiger partial charge in [-0.2, -0.15) is 10.1 Å². The van der Waals surface area contributed by atoms with Crippen molar-refractivity contribution >= 4 is 29.4 Å². The standard InChI is InChI=1S/C30H34FN5O12/c1-4-21(37)17-8-9-19(31)24(18-12-20(18)35-27(40)36-23-10-7-16(13-32)14-34-23)25(17)45-30(42,43)48-29(41)22(38)6-5-11-44-46-26(39)28(33,47-29)15(2)3/h7-10,14-15,18,20,41-43H,4-6,11-12,33H2,1-3H3,(H2,34,35,36,40)/t18-,20+,28+,29+/m1/s1. The molecule has 1 saturated carbocycles. The summed E-state index contributed by atoms with van der Waals surface area (Å²) >= 11 is 0. The van der Waals surface area contributed by atoms with E-state index in [0.29, 0.717) is 0 Å². The summed E-state index contributed by atoms with van der Waals surface area (Å²) in [6, 6.07) is 5.19. The van der Waals surface area contributed by atoms with Gasteiger partial charge in [-0.3, -0.25) is 30.3 Å². The number of rotatable bonds is 10. The summed E-state index contributed by atoms with van der Waals surface area (Å²) in [5, 5.41) is 46.9. The maximum absolute atomic E-state index is 15.4. The predicted molar refractivity (Wildman–Crippen MR) is 156 cm³/mol. The topological polar surface area (TPSA) is 262 Å². The lowest BCUT2D eigenvalue weighted by atomic mass is 10.00. The van der Waals surface area contributed by atoms with Gasteiger partial charge in [0.2, 0.25) is 11.5 Å². The lowest BCUT2D eigenvalue weighted by Gasteiger charge is -2.39. The van der Waals surface area contributed by atoms with Crippen LogP contribution >= 0.6 is 0 Å². The van der Waals surface area contributed by atoms with Gasteiger partial charge in [-0.15, -0.1) is 0 Å². The van der Waals surface area contributed by atoms with Crippen LogP contribution in [-0.2, 0) is 28.8 Å². The molecular weight excluding hydrogens is 641 g/mol. The number of Topliss-reactive ketones (excluding diaryl/α,β-unsaturated/α-hetero) is 2. The third-order valence-electron chi connectivity index (χ3n) is 7.49. The van der Waals surface area contributed by atoms with Gasteiger partial charge in [-0.05, 0) is 37.1 Å². The number of nitrogens with zero attached hydrogens (tertiary/aromatic N) is 2. The Hall–Kier alpha value is -4.61. The molecule has 48 heavy (non-hydrogen) atoms. The summed E-state index contributed by atoms with van der Waals surface area (Å²) < 4.78 is 30.7. The van der Waals surface area contributed by atoms with Crippen molar-refractivity contribution in [3.63, 3.8) is 0 Å². The lowest BCUT2D eigenvalue weighted by Crippen LogP contribution is -2.65. The van der Waals surface area contributed by atoms with Crippen LogP contribution in [0.1, 0.15) is 73.9 Å². The highest BCUT2D eigenvalue weighted by Crippen LogP contribution is 2.48. The van der Waals surface area contributed by atoms with E-state index in [2.05, 4.69) is 20.5 Å². The fourth-order valence-electron chi connectivity index (χ4n) is 4.67. The second kappa shape index (κ2) is 14.2. The Bertz CT molecular complexity index is 1610. The van der Waals surface area contributed by atoms with Crippen LogP contribution in [0, 0.1) is 23.1 Å². The number of hydrogen-bond acceptors (Lipinski definition) is 15. The van der Waals surface area contributed by atoms with Crippen molar-refractivity contribution in [2.24, 2.45) is 11.7 Å². The normalized spacial score (nSPS) is 24.7. The quantitative estimate of drug-likeness (QED) is 0.117. The molecule has 0 unspecified atom stereocenters. The number of hydrogen-bond donors (Lipinski definition) is 6. The van der Waals surface area contributed by atoms with Crippen LogP contribution in [0.25, 0.3) is 0 Å². The maximum atomic E-state index is 15.4. The molecule has 1 aromatic heterocycles. The van der Waals surface area contributed by atoms with Gasteiger partial charge in [-0.1, -0.05) is 20.8 Å². The first-order valence-electron chi connectivity index (χ1n) is 14.7. The number of aliphatic hydroxyl groups is 3. The number of aromatic nitrogens is 1. The van der Waals surface area contributed by atoms with Crippen LogP contribution < -0.4 is 21.1 Å². The van der Waals surface area contributed by atoms with Gasteiger partial charge in [0, 0.05) is 42.5 Å². The first kappa shape index (κ1) is 36.2. The van der Waals surface area contributed by atoms with E-state index in [1.54, 1.807) is 0 Å². The second-order valence-electron chi connectivity index (χ2n) is 11.3. The Morgan fingerprint density at radius 2 is 2.00 bits per heavy atom. The molecule has 0 radical (unpaired) electrons. The average Bonchev–Trinajstić information content (AvgIpc) is 3.77. The minimum atomic E-state index is -4.03. The molecule has 4 atom stereocenters. The van der Waals surface area contributed by atoms with E-state index in [0.717, 1.165) is 12.1 Å². The van der Waals surface area contributed by atoms with Gasteiger partial charge in [-0.25, -0.2) is 23.7 Å². The Morgan fingerprint density at radius 1 is 1.27 bits per heavy atom. The number of nitrogens with two attached hydrogens (primary N) is 1. The van der Waals surface area contributed by atoms with Crippen LogP contribution in [0.4, 0.5) is 15.0 Å². The highest BCUT2D eigenvalue weighted by molar-refractivity contribution is 5.99. The van der Waals surface area contributed by atoms with Crippen LogP contribution in [0.2, 0.25) is 0 Å². The molecule has 2 amide bonds. The van der Waals surface area contributed by atoms with Gasteiger partial charge in [0.05, 0.1) is 17.7 Å². The number of nitrogens with one attached hydrogen (secondary N) is 2. The number of urea groups is 1. The molecular formula is C30H34FN5O12. The summed E-state index contributed by atoms with van der Waals surface area (Å²) in [6.07, 6.45) is -3.55. The molecule has 4 rings (SSSR count). The minimum absolute atomic E-state index is 0.107. The van der Waals surface area contributed by atoms with Gasteiger partial charge >= 0.3 is 24.1 Å². The summed E-state index contributed by atoms with van der Waals surface area (Å²) in [5.41, 5.74) is 2.93. The van der Waals surface area contributed by atoms with Crippen molar-refractivity contribution < 1.29 is 62.9 Å². The number of carbonyl (C=O) groups excluding carboxylic acids is 4. The minimum Gasteiger partial charge on any atom is -0.415 e. The number of ketones is 2. The monoisotopic (exact) mass is 675 g/mol. The smallest absolute Gasteiger partial charge is 0.415 e. The summed E-state index contributed by atoms with van der Waals surface area (Å²) in [6.45, 7) is 3.87. The van der Waals surface area contributed by atoms with Gasteiger partial charge in [0.25, 0.3) is 0 Å². The predicted octanol–water partition coefficient (Wildman–Crippen LogP) is 1.17. The third kappa shape index (κ3) is 8.08. The first-order valence-corrected chi connectivity index (χ1v) is 14.7. The van der Waals surface area contributed by atoms with Crippen molar-refractivity contribution in [1.82, 2.24) is 10.3 Å². The van der Waals surface area contributed by atoms with E-state index in [4.69, 9.17) is 30.1 Å². The number of halogens is 1. The van der Waals surface area contributed by atoms with Crippen molar-refractivity contribution in [2.75, 3.05) is 11.9 Å². The summed E-state index contributed by atoms with van der Waals surface area (Å²) in [5.74, 6) is -10.5. The highest BCUT2D eigenvalue weighted by Gasteiger charge is 2.57.